The average Bonchev–Trinajstić information content (AvgIpc) is 3.27. The van der Waals surface area contributed by atoms with Gasteiger partial charge in [0, 0.05) is 23.5 Å². The predicted molar refractivity (Wildman–Crippen MR) is 130 cm³/mol. The van der Waals surface area contributed by atoms with Gasteiger partial charge in [-0.3, -0.25) is 4.79 Å². The highest BCUT2D eigenvalue weighted by Crippen LogP contribution is 2.14. The van der Waals surface area contributed by atoms with Gasteiger partial charge in [0.15, 0.2) is 0 Å². The average molecular weight is 428 g/mol. The largest absolute Gasteiger partial charge is 0.466 e. The summed E-state index contributed by atoms with van der Waals surface area (Å²) < 4.78 is 4.96. The fraction of sp³-hybridized carbons (Fsp3) is 0.500. The van der Waals surface area contributed by atoms with Crippen molar-refractivity contribution in [2.75, 3.05) is 18.5 Å². The highest BCUT2D eigenvalue weighted by atomic mass is 32.1. The summed E-state index contributed by atoms with van der Waals surface area (Å²) in [5, 5.41) is 5.64. The molecule has 4 heteroatoms. The Hall–Kier alpha value is -2.07. The molecule has 0 saturated heterocycles. The molecule has 0 aliphatic rings. The predicted octanol–water partition coefficient (Wildman–Crippen LogP) is 7.49. The Kier molecular flexibility index (Phi) is 12.7. The first-order valence-corrected chi connectivity index (χ1v) is 12.3. The van der Waals surface area contributed by atoms with Crippen LogP contribution < -0.4 is 5.32 Å². The number of rotatable bonds is 16. The summed E-state index contributed by atoms with van der Waals surface area (Å²) in [7, 11) is 0. The smallest absolute Gasteiger partial charge is 0.305 e. The minimum absolute atomic E-state index is 0.0956. The third-order valence-electron chi connectivity index (χ3n) is 5.06. The van der Waals surface area contributed by atoms with E-state index in [-0.39, 0.29) is 5.97 Å². The lowest BCUT2D eigenvalue weighted by molar-refractivity contribution is -0.143. The molecule has 3 nitrogen and oxygen atoms in total. The number of benzene rings is 1. The first kappa shape index (κ1) is 24.2. The quantitative estimate of drug-likeness (QED) is 0.223. The summed E-state index contributed by atoms with van der Waals surface area (Å²) in [5.74, 6) is -0.0956. The van der Waals surface area contributed by atoms with Crippen LogP contribution in [0.1, 0.15) is 75.2 Å². The van der Waals surface area contributed by atoms with Gasteiger partial charge in [0.1, 0.15) is 0 Å². The molecule has 1 aromatic heterocycles. The third-order valence-corrected chi connectivity index (χ3v) is 5.90. The van der Waals surface area contributed by atoms with Crippen LogP contribution >= 0.6 is 11.3 Å². The Morgan fingerprint density at radius 1 is 1.00 bits per heavy atom. The Bertz CT molecular complexity index is 707. The number of carbonyl (C=O) groups is 1. The van der Waals surface area contributed by atoms with Gasteiger partial charge >= 0.3 is 5.97 Å². The molecule has 0 spiro atoms. The summed E-state index contributed by atoms with van der Waals surface area (Å²) in [5.41, 5.74) is 2.46. The maximum atomic E-state index is 11.4. The van der Waals surface area contributed by atoms with Gasteiger partial charge in [-0.25, -0.2) is 0 Å². The number of unbranched alkanes of at least 4 members (excludes halogenated alkanes) is 6. The summed E-state index contributed by atoms with van der Waals surface area (Å²) in [4.78, 5) is 12.7. The Morgan fingerprint density at radius 2 is 1.77 bits per heavy atom. The molecule has 1 heterocycles. The van der Waals surface area contributed by atoms with E-state index in [1.807, 2.05) is 6.92 Å². The minimum atomic E-state index is -0.0956. The van der Waals surface area contributed by atoms with Crippen LogP contribution in [0.25, 0.3) is 6.08 Å². The molecule has 1 aromatic carbocycles. The van der Waals surface area contributed by atoms with Crippen LogP contribution in [0.4, 0.5) is 5.69 Å². The van der Waals surface area contributed by atoms with E-state index in [0.29, 0.717) is 13.0 Å². The highest BCUT2D eigenvalue weighted by molar-refractivity contribution is 7.10. The van der Waals surface area contributed by atoms with Crippen molar-refractivity contribution < 1.29 is 9.53 Å². The zero-order chi connectivity index (χ0) is 21.3. The second-order valence-electron chi connectivity index (χ2n) is 7.61. The van der Waals surface area contributed by atoms with E-state index < -0.39 is 0 Å². The number of aryl methyl sites for hydroxylation is 1. The van der Waals surface area contributed by atoms with Gasteiger partial charge < -0.3 is 10.1 Å². The third kappa shape index (κ3) is 11.2. The lowest BCUT2D eigenvalue weighted by atomic mass is 10.1. The van der Waals surface area contributed by atoms with Crippen molar-refractivity contribution in [3.8, 4) is 0 Å². The van der Waals surface area contributed by atoms with Crippen LogP contribution in [0.15, 0.2) is 47.9 Å². The first-order chi connectivity index (χ1) is 14.8. The minimum Gasteiger partial charge on any atom is -0.466 e. The molecule has 0 saturated carbocycles. The van der Waals surface area contributed by atoms with Gasteiger partial charge in [0.25, 0.3) is 0 Å². The Labute approximate surface area is 186 Å². The Morgan fingerprint density at radius 3 is 2.50 bits per heavy atom. The van der Waals surface area contributed by atoms with Crippen molar-refractivity contribution in [1.29, 1.82) is 0 Å². The molecule has 30 heavy (non-hydrogen) atoms. The van der Waals surface area contributed by atoms with E-state index in [9.17, 15) is 4.79 Å². The molecule has 0 amide bonds. The van der Waals surface area contributed by atoms with Crippen LogP contribution in [-0.2, 0) is 16.0 Å². The summed E-state index contributed by atoms with van der Waals surface area (Å²) in [6, 6.07) is 12.9. The van der Waals surface area contributed by atoms with Gasteiger partial charge in [0.2, 0.25) is 0 Å². The van der Waals surface area contributed by atoms with Crippen LogP contribution in [-0.4, -0.2) is 19.1 Å². The van der Waals surface area contributed by atoms with E-state index in [4.69, 9.17) is 4.74 Å². The van der Waals surface area contributed by atoms with Crippen molar-refractivity contribution in [1.82, 2.24) is 0 Å². The molecule has 164 valence electrons. The molecule has 0 atom stereocenters. The number of esters is 1. The molecule has 1 N–H and O–H groups in total. The number of thiophene rings is 1. The molecule has 2 aromatic rings. The fourth-order valence-corrected chi connectivity index (χ4v) is 4.02. The number of allylic oxidation sites excluding steroid dienone is 1. The van der Waals surface area contributed by atoms with Crippen molar-refractivity contribution >= 4 is 29.1 Å². The van der Waals surface area contributed by atoms with Crippen molar-refractivity contribution in [2.45, 2.75) is 71.1 Å². The number of anilines is 1. The molecule has 0 unspecified atom stereocenters. The molecule has 0 fully saturated rings. The van der Waals surface area contributed by atoms with E-state index in [0.717, 1.165) is 19.4 Å². The summed E-state index contributed by atoms with van der Waals surface area (Å²) in [6.07, 6.45) is 15.8. The van der Waals surface area contributed by atoms with E-state index in [1.165, 1.54) is 61.1 Å². The van der Waals surface area contributed by atoms with Gasteiger partial charge in [-0.2, -0.15) is 0 Å². The van der Waals surface area contributed by atoms with E-state index in [2.05, 4.69) is 59.2 Å². The molecule has 2 rings (SSSR count). The normalized spacial score (nSPS) is 11.1. The zero-order valence-electron chi connectivity index (χ0n) is 18.4. The van der Waals surface area contributed by atoms with E-state index >= 15 is 0 Å². The van der Waals surface area contributed by atoms with Crippen molar-refractivity contribution in [3.05, 3.63) is 58.3 Å². The van der Waals surface area contributed by atoms with Crippen LogP contribution in [0.2, 0.25) is 0 Å². The number of nitrogens with one attached hydrogen (secondary N) is 1. The maximum Gasteiger partial charge on any atom is 0.305 e. The summed E-state index contributed by atoms with van der Waals surface area (Å²) in [6.45, 7) is 3.34. The molecule has 0 bridgehead atoms. The molecular formula is C26H37NO2S. The van der Waals surface area contributed by atoms with E-state index in [1.54, 1.807) is 11.3 Å². The summed E-state index contributed by atoms with van der Waals surface area (Å²) >= 11 is 1.80. The SMILES string of the molecule is CCOC(=O)CCCc1ccc(NCCCCCCCC/C=C/c2cccs2)cc1. The van der Waals surface area contributed by atoms with Crippen molar-refractivity contribution in [3.63, 3.8) is 0 Å². The molecule has 0 radical (unpaired) electrons. The van der Waals surface area contributed by atoms with Gasteiger partial charge in [-0.05, 0) is 74.2 Å². The fourth-order valence-electron chi connectivity index (χ4n) is 3.37. The maximum absolute atomic E-state index is 11.4. The Balaban J connectivity index is 1.42. The van der Waals surface area contributed by atoms with Gasteiger partial charge in [-0.1, -0.05) is 50.0 Å². The van der Waals surface area contributed by atoms with Crippen molar-refractivity contribution in [2.24, 2.45) is 0 Å². The number of ether oxygens (including phenoxy) is 1. The van der Waals surface area contributed by atoms with Gasteiger partial charge in [-0.15, -0.1) is 11.3 Å². The number of carbonyl (C=O) groups excluding carboxylic acids is 1. The van der Waals surface area contributed by atoms with Crippen LogP contribution in [0.3, 0.4) is 0 Å². The molecular weight excluding hydrogens is 390 g/mol. The van der Waals surface area contributed by atoms with Crippen LogP contribution in [0.5, 0.6) is 0 Å². The topological polar surface area (TPSA) is 38.3 Å². The lowest BCUT2D eigenvalue weighted by Gasteiger charge is -2.08. The first-order valence-electron chi connectivity index (χ1n) is 11.5. The van der Waals surface area contributed by atoms with Gasteiger partial charge in [0.05, 0.1) is 6.61 Å². The zero-order valence-corrected chi connectivity index (χ0v) is 19.2. The second kappa shape index (κ2) is 15.7. The molecule has 0 aliphatic heterocycles. The standard InChI is InChI=1S/C26H37NO2S/c1-2-29-26(28)16-11-13-23-17-19-24(20-18-23)27-21-10-8-6-4-3-5-7-9-14-25-15-12-22-30-25/h9,12,14-15,17-20,22,27H,2-8,10-11,13,16,21H2,1H3/b14-9+. The van der Waals surface area contributed by atoms with Crippen LogP contribution in [0, 0.1) is 0 Å². The number of hydrogen-bond donors (Lipinski definition) is 1. The highest BCUT2D eigenvalue weighted by Gasteiger charge is 2.02. The molecule has 0 aliphatic carbocycles. The second-order valence-corrected chi connectivity index (χ2v) is 8.59. The monoisotopic (exact) mass is 427 g/mol. The lowest BCUT2D eigenvalue weighted by Crippen LogP contribution is -2.04. The number of hydrogen-bond acceptors (Lipinski definition) is 4.